The summed E-state index contributed by atoms with van der Waals surface area (Å²) in [6, 6.07) is 0. The molecule has 1 rings (SSSR count). The van der Waals surface area contributed by atoms with Gasteiger partial charge in [-0.25, -0.2) is 4.79 Å². The lowest BCUT2D eigenvalue weighted by Crippen LogP contribution is -1.96. The van der Waals surface area contributed by atoms with Gasteiger partial charge in [-0.15, -0.1) is 11.3 Å². The van der Waals surface area contributed by atoms with E-state index >= 15 is 0 Å². The summed E-state index contributed by atoms with van der Waals surface area (Å²) in [6.45, 7) is 1.52. The molecule has 0 radical (unpaired) electrons. The largest absolute Gasteiger partial charge is 0.872 e. The second-order valence-electron chi connectivity index (χ2n) is 1.86. The number of carboxylic acids is 1. The highest BCUT2D eigenvalue weighted by Gasteiger charge is 2.07. The predicted octanol–water partition coefficient (Wildman–Crippen LogP) is 0.828. The maximum atomic E-state index is 10.7. The molecule has 0 aliphatic carbocycles. The average molecular weight is 157 g/mol. The summed E-state index contributed by atoms with van der Waals surface area (Å²) in [4.78, 5) is 10.5. The van der Waals surface area contributed by atoms with E-state index in [4.69, 9.17) is 5.11 Å². The predicted molar refractivity (Wildman–Crippen MR) is 35.5 cm³/mol. The molecule has 0 spiro atoms. The van der Waals surface area contributed by atoms with Crippen molar-refractivity contribution in [3.8, 4) is 5.75 Å². The molecule has 0 fully saturated rings. The van der Waals surface area contributed by atoms with E-state index in [-0.39, 0.29) is 10.6 Å². The molecule has 0 amide bonds. The number of hydrogen-bond acceptors (Lipinski definition) is 3. The Morgan fingerprint density at radius 2 is 2.40 bits per heavy atom. The van der Waals surface area contributed by atoms with E-state index in [1.165, 1.54) is 12.3 Å². The molecule has 4 heteroatoms. The van der Waals surface area contributed by atoms with E-state index in [0.717, 1.165) is 11.3 Å². The van der Waals surface area contributed by atoms with E-state index in [9.17, 15) is 9.90 Å². The summed E-state index contributed by atoms with van der Waals surface area (Å²) in [6.07, 6.45) is 0. The maximum absolute atomic E-state index is 10.7. The van der Waals surface area contributed by atoms with Gasteiger partial charge in [0, 0.05) is 0 Å². The third-order valence-corrected chi connectivity index (χ3v) is 2.24. The number of aromatic carboxylic acids is 1. The lowest BCUT2D eigenvalue weighted by atomic mass is 10.3. The van der Waals surface area contributed by atoms with Gasteiger partial charge >= 0.3 is 5.97 Å². The van der Waals surface area contributed by atoms with Crippen LogP contribution in [0.5, 0.6) is 5.75 Å². The lowest BCUT2D eigenvalue weighted by Gasteiger charge is -2.00. The van der Waals surface area contributed by atoms with Crippen LogP contribution < -0.4 is 5.11 Å². The molecule has 0 saturated carbocycles. The molecule has 0 atom stereocenters. The molecule has 10 heavy (non-hydrogen) atoms. The smallest absolute Gasteiger partial charge is 0.346 e. The number of rotatable bonds is 1. The van der Waals surface area contributed by atoms with Crippen LogP contribution in [0.2, 0.25) is 0 Å². The maximum Gasteiger partial charge on any atom is 0.346 e. The molecular weight excluding hydrogens is 152 g/mol. The molecule has 3 nitrogen and oxygen atoms in total. The Labute approximate surface area is 61.6 Å². The minimum atomic E-state index is -1.02. The second-order valence-corrected chi connectivity index (χ2v) is 2.74. The van der Waals surface area contributed by atoms with E-state index in [1.54, 1.807) is 0 Å². The van der Waals surface area contributed by atoms with Gasteiger partial charge in [-0.1, -0.05) is 5.75 Å². The van der Waals surface area contributed by atoms with Gasteiger partial charge in [0.15, 0.2) is 0 Å². The first-order valence-corrected chi connectivity index (χ1v) is 3.49. The molecule has 0 unspecified atom stereocenters. The molecule has 1 aromatic heterocycles. The first kappa shape index (κ1) is 7.08. The number of carboxylic acid groups (broad SMARTS) is 1. The van der Waals surface area contributed by atoms with E-state index in [1.807, 2.05) is 0 Å². The second kappa shape index (κ2) is 2.30. The Bertz CT molecular complexity index is 264. The minimum Gasteiger partial charge on any atom is -0.872 e. The quantitative estimate of drug-likeness (QED) is 0.656. The Morgan fingerprint density at radius 3 is 2.60 bits per heavy atom. The van der Waals surface area contributed by atoms with Crippen LogP contribution in [-0.2, 0) is 0 Å². The summed E-state index contributed by atoms with van der Waals surface area (Å²) in [5.74, 6) is -1.22. The summed E-state index contributed by atoms with van der Waals surface area (Å²) in [7, 11) is 0. The van der Waals surface area contributed by atoms with Gasteiger partial charge in [-0.05, 0) is 17.9 Å². The molecule has 0 aliphatic heterocycles. The Hall–Kier alpha value is -1.03. The Morgan fingerprint density at radius 1 is 1.80 bits per heavy atom. The SMILES string of the molecule is Cc1c([O-])csc1C(=O)O. The van der Waals surface area contributed by atoms with Gasteiger partial charge < -0.3 is 10.2 Å². The molecule has 1 aromatic rings. The van der Waals surface area contributed by atoms with Crippen LogP contribution in [-0.4, -0.2) is 11.1 Å². The molecule has 1 N–H and O–H groups in total. The number of thiophene rings is 1. The highest BCUT2D eigenvalue weighted by molar-refractivity contribution is 7.12. The van der Waals surface area contributed by atoms with Crippen molar-refractivity contribution >= 4 is 17.3 Å². The summed E-state index contributed by atoms with van der Waals surface area (Å²) in [5.41, 5.74) is 0.331. The molecule has 0 aromatic carbocycles. The van der Waals surface area contributed by atoms with E-state index in [2.05, 4.69) is 0 Å². The molecule has 0 aliphatic rings. The lowest BCUT2D eigenvalue weighted by molar-refractivity contribution is -0.268. The third kappa shape index (κ3) is 0.974. The van der Waals surface area contributed by atoms with Gasteiger partial charge in [0.25, 0.3) is 0 Å². The zero-order valence-corrected chi connectivity index (χ0v) is 6.07. The van der Waals surface area contributed by atoms with Crippen molar-refractivity contribution in [1.29, 1.82) is 0 Å². The zero-order chi connectivity index (χ0) is 7.72. The summed E-state index contributed by atoms with van der Waals surface area (Å²) >= 11 is 0.972. The van der Waals surface area contributed by atoms with Crippen LogP contribution in [0.3, 0.4) is 0 Å². The average Bonchev–Trinajstić information content (AvgIpc) is 2.14. The standard InChI is InChI=1S/C6H6O3S/c1-3-4(7)2-10-5(3)6(8)9/h2,7H,1H3,(H,8,9)/p-1. The Balaban J connectivity index is 3.17. The van der Waals surface area contributed by atoms with Gasteiger partial charge in [-0.3, -0.25) is 0 Å². The van der Waals surface area contributed by atoms with Crippen LogP contribution in [0.1, 0.15) is 15.2 Å². The molecule has 54 valence electrons. The van der Waals surface area contributed by atoms with Gasteiger partial charge in [0.05, 0.1) is 0 Å². The van der Waals surface area contributed by atoms with Crippen molar-refractivity contribution in [1.82, 2.24) is 0 Å². The zero-order valence-electron chi connectivity index (χ0n) is 5.25. The van der Waals surface area contributed by atoms with Crippen LogP contribution >= 0.6 is 11.3 Å². The fourth-order valence-electron chi connectivity index (χ4n) is 0.612. The van der Waals surface area contributed by atoms with E-state index in [0.29, 0.717) is 5.56 Å². The van der Waals surface area contributed by atoms with Crippen molar-refractivity contribution < 1.29 is 15.0 Å². The fraction of sp³-hybridized carbons (Fsp3) is 0.167. The number of hydrogen-bond donors (Lipinski definition) is 1. The van der Waals surface area contributed by atoms with Crippen LogP contribution in [0.4, 0.5) is 0 Å². The van der Waals surface area contributed by atoms with Crippen LogP contribution in [0.25, 0.3) is 0 Å². The first-order valence-electron chi connectivity index (χ1n) is 2.61. The minimum absolute atomic E-state index is 0.144. The Kier molecular flexibility index (Phi) is 1.63. The van der Waals surface area contributed by atoms with E-state index < -0.39 is 5.97 Å². The fourth-order valence-corrected chi connectivity index (χ4v) is 1.39. The first-order chi connectivity index (χ1) is 4.63. The summed E-state index contributed by atoms with van der Waals surface area (Å²) in [5, 5.41) is 20.4. The monoisotopic (exact) mass is 157 g/mol. The molecular formula is C6H5O3S-. The third-order valence-electron chi connectivity index (χ3n) is 1.19. The molecule has 1 heterocycles. The summed E-state index contributed by atoms with van der Waals surface area (Å²) < 4.78 is 0. The van der Waals surface area contributed by atoms with Crippen molar-refractivity contribution in [3.63, 3.8) is 0 Å². The highest BCUT2D eigenvalue weighted by Crippen LogP contribution is 2.24. The molecule has 0 bridgehead atoms. The van der Waals surface area contributed by atoms with Gasteiger partial charge in [0.1, 0.15) is 4.88 Å². The van der Waals surface area contributed by atoms with Crippen LogP contribution in [0.15, 0.2) is 5.38 Å². The normalized spacial score (nSPS) is 9.70. The highest BCUT2D eigenvalue weighted by atomic mass is 32.1. The van der Waals surface area contributed by atoms with Crippen LogP contribution in [0, 0.1) is 6.92 Å². The topological polar surface area (TPSA) is 60.4 Å². The van der Waals surface area contributed by atoms with Crippen molar-refractivity contribution in [2.75, 3.05) is 0 Å². The van der Waals surface area contributed by atoms with Crippen molar-refractivity contribution in [3.05, 3.63) is 15.8 Å². The number of carbonyl (C=O) groups is 1. The van der Waals surface area contributed by atoms with Crippen molar-refractivity contribution in [2.45, 2.75) is 6.92 Å². The van der Waals surface area contributed by atoms with Gasteiger partial charge in [0.2, 0.25) is 0 Å². The van der Waals surface area contributed by atoms with Gasteiger partial charge in [-0.2, -0.15) is 0 Å². The molecule has 0 saturated heterocycles. The van der Waals surface area contributed by atoms with Crippen molar-refractivity contribution in [2.24, 2.45) is 0 Å².